The van der Waals surface area contributed by atoms with Gasteiger partial charge in [0.25, 0.3) is 0 Å². The fourth-order valence-corrected chi connectivity index (χ4v) is 2.46. The standard InChI is InChI=1S/C18H23FN2/c1-4-8-20-18(17-10-13(2)7-9-21-17)12-15-5-6-16(19)11-14(15)3/h5-7,9-11,18,20H,4,8,12H2,1-3H3. The molecule has 0 saturated carbocycles. The van der Waals surface area contributed by atoms with Crippen LogP contribution in [0, 0.1) is 19.7 Å². The van der Waals surface area contributed by atoms with Crippen molar-refractivity contribution in [3.05, 3.63) is 64.7 Å². The molecule has 1 N–H and O–H groups in total. The summed E-state index contributed by atoms with van der Waals surface area (Å²) >= 11 is 0. The van der Waals surface area contributed by atoms with E-state index >= 15 is 0 Å². The lowest BCUT2D eigenvalue weighted by atomic mass is 9.98. The monoisotopic (exact) mass is 286 g/mol. The molecule has 2 rings (SSSR count). The highest BCUT2D eigenvalue weighted by molar-refractivity contribution is 5.29. The van der Waals surface area contributed by atoms with Crippen LogP contribution in [-0.2, 0) is 6.42 Å². The van der Waals surface area contributed by atoms with E-state index in [1.54, 1.807) is 6.07 Å². The van der Waals surface area contributed by atoms with Crippen LogP contribution < -0.4 is 5.32 Å². The fraction of sp³-hybridized carbons (Fsp3) is 0.389. The Morgan fingerprint density at radius 3 is 2.67 bits per heavy atom. The van der Waals surface area contributed by atoms with Crippen molar-refractivity contribution in [3.8, 4) is 0 Å². The second kappa shape index (κ2) is 7.32. The molecule has 0 radical (unpaired) electrons. The number of hydrogen-bond acceptors (Lipinski definition) is 2. The molecular weight excluding hydrogens is 263 g/mol. The van der Waals surface area contributed by atoms with E-state index < -0.39 is 0 Å². The molecule has 1 aromatic heterocycles. The van der Waals surface area contributed by atoms with Gasteiger partial charge in [-0.1, -0.05) is 13.0 Å². The minimum Gasteiger partial charge on any atom is -0.308 e. The summed E-state index contributed by atoms with van der Waals surface area (Å²) in [5.41, 5.74) is 4.41. The first-order valence-electron chi connectivity index (χ1n) is 7.51. The maximum atomic E-state index is 13.2. The van der Waals surface area contributed by atoms with Crippen LogP contribution in [0.3, 0.4) is 0 Å². The van der Waals surface area contributed by atoms with Gasteiger partial charge in [-0.3, -0.25) is 4.98 Å². The van der Waals surface area contributed by atoms with Gasteiger partial charge in [0, 0.05) is 6.20 Å². The van der Waals surface area contributed by atoms with Crippen LogP contribution in [0.1, 0.15) is 41.8 Å². The molecule has 0 fully saturated rings. The Balaban J connectivity index is 2.23. The lowest BCUT2D eigenvalue weighted by Crippen LogP contribution is -2.25. The summed E-state index contributed by atoms with van der Waals surface area (Å²) in [7, 11) is 0. The number of nitrogens with zero attached hydrogens (tertiary/aromatic N) is 1. The summed E-state index contributed by atoms with van der Waals surface area (Å²) in [5.74, 6) is -0.178. The quantitative estimate of drug-likeness (QED) is 0.864. The number of aromatic nitrogens is 1. The minimum absolute atomic E-state index is 0.161. The zero-order valence-electron chi connectivity index (χ0n) is 13.0. The van der Waals surface area contributed by atoms with Gasteiger partial charge in [-0.05, 0) is 74.2 Å². The van der Waals surface area contributed by atoms with Crippen LogP contribution in [-0.4, -0.2) is 11.5 Å². The van der Waals surface area contributed by atoms with Crippen LogP contribution >= 0.6 is 0 Å². The number of halogens is 1. The highest BCUT2D eigenvalue weighted by Gasteiger charge is 2.14. The van der Waals surface area contributed by atoms with Crippen molar-refractivity contribution in [2.24, 2.45) is 0 Å². The number of nitrogens with one attached hydrogen (secondary N) is 1. The Kier molecular flexibility index (Phi) is 5.45. The molecule has 1 unspecified atom stereocenters. The smallest absolute Gasteiger partial charge is 0.123 e. The Labute approximate surface area is 126 Å². The average molecular weight is 286 g/mol. The van der Waals surface area contributed by atoms with E-state index in [1.807, 2.05) is 25.3 Å². The van der Waals surface area contributed by atoms with Crippen LogP contribution in [0.25, 0.3) is 0 Å². The van der Waals surface area contributed by atoms with Gasteiger partial charge in [0.05, 0.1) is 11.7 Å². The Morgan fingerprint density at radius 2 is 2.00 bits per heavy atom. The Bertz CT molecular complexity index is 596. The molecule has 0 spiro atoms. The van der Waals surface area contributed by atoms with E-state index in [0.29, 0.717) is 0 Å². The number of aryl methyl sites for hydroxylation is 2. The third-order valence-corrected chi connectivity index (χ3v) is 3.66. The van der Waals surface area contributed by atoms with Gasteiger partial charge in [-0.15, -0.1) is 0 Å². The second-order valence-corrected chi connectivity index (χ2v) is 5.54. The van der Waals surface area contributed by atoms with Gasteiger partial charge in [0.1, 0.15) is 5.82 Å². The van der Waals surface area contributed by atoms with Crippen molar-refractivity contribution >= 4 is 0 Å². The summed E-state index contributed by atoms with van der Waals surface area (Å²) in [6, 6.07) is 9.28. The van der Waals surface area contributed by atoms with Crippen LogP contribution in [0.2, 0.25) is 0 Å². The lowest BCUT2D eigenvalue weighted by molar-refractivity contribution is 0.516. The number of hydrogen-bond donors (Lipinski definition) is 1. The van der Waals surface area contributed by atoms with Crippen LogP contribution in [0.4, 0.5) is 4.39 Å². The zero-order valence-corrected chi connectivity index (χ0v) is 13.0. The predicted octanol–water partition coefficient (Wildman–Crippen LogP) is 4.12. The second-order valence-electron chi connectivity index (χ2n) is 5.54. The maximum absolute atomic E-state index is 13.2. The number of pyridine rings is 1. The maximum Gasteiger partial charge on any atom is 0.123 e. The minimum atomic E-state index is -0.178. The van der Waals surface area contributed by atoms with Crippen molar-refractivity contribution in [2.45, 2.75) is 39.7 Å². The Hall–Kier alpha value is -1.74. The summed E-state index contributed by atoms with van der Waals surface area (Å²) in [6.45, 7) is 7.13. The summed E-state index contributed by atoms with van der Waals surface area (Å²) in [6.07, 6.45) is 3.75. The lowest BCUT2D eigenvalue weighted by Gasteiger charge is -2.19. The van der Waals surface area contributed by atoms with E-state index in [9.17, 15) is 4.39 Å². The summed E-state index contributed by atoms with van der Waals surface area (Å²) in [5, 5.41) is 3.55. The van der Waals surface area contributed by atoms with Gasteiger partial charge in [-0.25, -0.2) is 4.39 Å². The SMILES string of the molecule is CCCNC(Cc1ccc(F)cc1C)c1cc(C)ccn1. The third kappa shape index (κ3) is 4.36. The molecule has 2 aromatic rings. The largest absolute Gasteiger partial charge is 0.308 e. The molecule has 1 heterocycles. The first-order valence-corrected chi connectivity index (χ1v) is 7.51. The highest BCUT2D eigenvalue weighted by atomic mass is 19.1. The number of benzene rings is 1. The normalized spacial score (nSPS) is 12.4. The average Bonchev–Trinajstić information content (AvgIpc) is 2.45. The summed E-state index contributed by atoms with van der Waals surface area (Å²) in [4.78, 5) is 4.50. The van der Waals surface area contributed by atoms with Gasteiger partial charge < -0.3 is 5.32 Å². The molecule has 1 atom stereocenters. The third-order valence-electron chi connectivity index (χ3n) is 3.66. The van der Waals surface area contributed by atoms with Crippen molar-refractivity contribution < 1.29 is 4.39 Å². The van der Waals surface area contributed by atoms with Crippen LogP contribution in [0.5, 0.6) is 0 Å². The topological polar surface area (TPSA) is 24.9 Å². The Morgan fingerprint density at radius 1 is 1.19 bits per heavy atom. The van der Waals surface area contributed by atoms with E-state index in [1.165, 1.54) is 11.6 Å². The summed E-state index contributed by atoms with van der Waals surface area (Å²) < 4.78 is 13.2. The van der Waals surface area contributed by atoms with Crippen molar-refractivity contribution in [1.29, 1.82) is 0 Å². The molecule has 0 saturated heterocycles. The molecule has 3 heteroatoms. The van der Waals surface area contributed by atoms with Crippen molar-refractivity contribution in [3.63, 3.8) is 0 Å². The molecular formula is C18H23FN2. The molecule has 112 valence electrons. The van der Waals surface area contributed by atoms with Gasteiger partial charge >= 0.3 is 0 Å². The molecule has 1 aromatic carbocycles. The van der Waals surface area contributed by atoms with Gasteiger partial charge in [-0.2, -0.15) is 0 Å². The predicted molar refractivity (Wildman–Crippen MR) is 84.8 cm³/mol. The van der Waals surface area contributed by atoms with E-state index in [2.05, 4.69) is 30.2 Å². The van der Waals surface area contributed by atoms with Crippen LogP contribution in [0.15, 0.2) is 36.5 Å². The van der Waals surface area contributed by atoms with Crippen molar-refractivity contribution in [1.82, 2.24) is 10.3 Å². The van der Waals surface area contributed by atoms with E-state index in [4.69, 9.17) is 0 Å². The first-order chi connectivity index (χ1) is 10.1. The van der Waals surface area contributed by atoms with Crippen molar-refractivity contribution in [2.75, 3.05) is 6.54 Å². The molecule has 0 aliphatic heterocycles. The zero-order chi connectivity index (χ0) is 15.2. The van der Waals surface area contributed by atoms with E-state index in [0.717, 1.165) is 36.2 Å². The first kappa shape index (κ1) is 15.6. The molecule has 2 nitrogen and oxygen atoms in total. The highest BCUT2D eigenvalue weighted by Crippen LogP contribution is 2.20. The van der Waals surface area contributed by atoms with E-state index in [-0.39, 0.29) is 11.9 Å². The van der Waals surface area contributed by atoms with Gasteiger partial charge in [0.2, 0.25) is 0 Å². The molecule has 21 heavy (non-hydrogen) atoms. The van der Waals surface area contributed by atoms with Gasteiger partial charge in [0.15, 0.2) is 0 Å². The fourth-order valence-electron chi connectivity index (χ4n) is 2.46. The number of rotatable bonds is 6. The molecule has 0 amide bonds. The molecule has 0 aliphatic carbocycles. The molecule has 0 bridgehead atoms. The molecule has 0 aliphatic rings.